The van der Waals surface area contributed by atoms with Crippen LogP contribution in [-0.4, -0.2) is 25.0 Å². The SMILES string of the molecule is CCCCOc1cccc(C(=O)N2CC(=O)Nc3ccccc32)c1. The number of fused-ring (bicyclic) bond motifs is 1. The highest BCUT2D eigenvalue weighted by Gasteiger charge is 2.27. The van der Waals surface area contributed by atoms with Crippen molar-refractivity contribution < 1.29 is 14.3 Å². The van der Waals surface area contributed by atoms with Crippen molar-refractivity contribution >= 4 is 23.2 Å². The second-order valence-electron chi connectivity index (χ2n) is 5.69. The molecule has 0 saturated heterocycles. The molecule has 2 aromatic rings. The number of hydrogen-bond donors (Lipinski definition) is 1. The summed E-state index contributed by atoms with van der Waals surface area (Å²) in [6.07, 6.45) is 2.02. The fourth-order valence-corrected chi connectivity index (χ4v) is 2.62. The first kappa shape index (κ1) is 16.1. The Morgan fingerprint density at radius 3 is 2.88 bits per heavy atom. The molecule has 2 amide bonds. The zero-order chi connectivity index (χ0) is 16.9. The van der Waals surface area contributed by atoms with Crippen LogP contribution in [0, 0.1) is 0 Å². The van der Waals surface area contributed by atoms with Crippen molar-refractivity contribution in [3.05, 3.63) is 54.1 Å². The normalized spacial score (nSPS) is 13.2. The quantitative estimate of drug-likeness (QED) is 0.857. The van der Waals surface area contributed by atoms with Crippen LogP contribution in [0.4, 0.5) is 11.4 Å². The van der Waals surface area contributed by atoms with E-state index in [-0.39, 0.29) is 18.4 Å². The van der Waals surface area contributed by atoms with Crippen molar-refractivity contribution in [1.82, 2.24) is 0 Å². The lowest BCUT2D eigenvalue weighted by Crippen LogP contribution is -2.42. The third-order valence-electron chi connectivity index (χ3n) is 3.86. The van der Waals surface area contributed by atoms with E-state index in [0.29, 0.717) is 29.3 Å². The second kappa shape index (κ2) is 7.17. The van der Waals surface area contributed by atoms with Gasteiger partial charge in [0.1, 0.15) is 12.3 Å². The van der Waals surface area contributed by atoms with Gasteiger partial charge in [-0.2, -0.15) is 0 Å². The average Bonchev–Trinajstić information content (AvgIpc) is 2.61. The summed E-state index contributed by atoms with van der Waals surface area (Å²) < 4.78 is 5.67. The summed E-state index contributed by atoms with van der Waals surface area (Å²) >= 11 is 0. The standard InChI is InChI=1S/C19H20N2O3/c1-2-3-11-24-15-8-6-7-14(12-15)19(23)21-13-18(22)20-16-9-4-5-10-17(16)21/h4-10,12H,2-3,11,13H2,1H3,(H,20,22). The first-order chi connectivity index (χ1) is 11.7. The Balaban J connectivity index is 1.84. The summed E-state index contributed by atoms with van der Waals surface area (Å²) in [5.74, 6) is 0.264. The number of unbranched alkanes of at least 4 members (excludes halogenated alkanes) is 1. The van der Waals surface area contributed by atoms with Gasteiger partial charge in [-0.25, -0.2) is 0 Å². The third kappa shape index (κ3) is 3.40. The number of nitrogens with zero attached hydrogens (tertiary/aromatic N) is 1. The molecule has 0 unspecified atom stereocenters. The lowest BCUT2D eigenvalue weighted by molar-refractivity contribution is -0.115. The van der Waals surface area contributed by atoms with Gasteiger partial charge < -0.3 is 10.1 Å². The van der Waals surface area contributed by atoms with Gasteiger partial charge >= 0.3 is 0 Å². The van der Waals surface area contributed by atoms with Crippen LogP contribution in [0.15, 0.2) is 48.5 Å². The average molecular weight is 324 g/mol. The molecule has 0 aromatic heterocycles. The summed E-state index contributed by atoms with van der Waals surface area (Å²) in [5.41, 5.74) is 1.87. The molecule has 0 spiro atoms. The molecule has 124 valence electrons. The van der Waals surface area contributed by atoms with Gasteiger partial charge in [0.25, 0.3) is 5.91 Å². The van der Waals surface area contributed by atoms with Crippen molar-refractivity contribution in [2.24, 2.45) is 0 Å². The topological polar surface area (TPSA) is 58.6 Å². The van der Waals surface area contributed by atoms with Crippen LogP contribution in [0.5, 0.6) is 5.75 Å². The number of anilines is 2. The van der Waals surface area contributed by atoms with Crippen molar-refractivity contribution in [2.75, 3.05) is 23.4 Å². The van der Waals surface area contributed by atoms with Gasteiger partial charge in [-0.3, -0.25) is 14.5 Å². The Morgan fingerprint density at radius 2 is 2.04 bits per heavy atom. The maximum absolute atomic E-state index is 12.9. The van der Waals surface area contributed by atoms with E-state index in [4.69, 9.17) is 4.74 Å². The summed E-state index contributed by atoms with van der Waals surface area (Å²) in [7, 11) is 0. The van der Waals surface area contributed by atoms with E-state index >= 15 is 0 Å². The molecule has 0 atom stereocenters. The number of hydrogen-bond acceptors (Lipinski definition) is 3. The number of para-hydroxylation sites is 2. The summed E-state index contributed by atoms with van der Waals surface area (Å²) in [5, 5.41) is 2.78. The summed E-state index contributed by atoms with van der Waals surface area (Å²) in [6, 6.07) is 14.4. The number of amides is 2. The molecule has 0 aliphatic carbocycles. The fourth-order valence-electron chi connectivity index (χ4n) is 2.62. The Kier molecular flexibility index (Phi) is 4.79. The number of benzene rings is 2. The Morgan fingerprint density at radius 1 is 1.21 bits per heavy atom. The van der Waals surface area contributed by atoms with Crippen LogP contribution in [0.25, 0.3) is 0 Å². The molecule has 1 aliphatic heterocycles. The minimum atomic E-state index is -0.210. The molecule has 5 heteroatoms. The van der Waals surface area contributed by atoms with Crippen LogP contribution in [0.3, 0.4) is 0 Å². The van der Waals surface area contributed by atoms with Crippen molar-refractivity contribution in [3.8, 4) is 5.75 Å². The minimum absolute atomic E-state index is 0.0107. The first-order valence-corrected chi connectivity index (χ1v) is 8.12. The smallest absolute Gasteiger partial charge is 0.258 e. The predicted octanol–water partition coefficient (Wildman–Crippen LogP) is 3.46. The van der Waals surface area contributed by atoms with Crippen LogP contribution >= 0.6 is 0 Å². The molecule has 1 N–H and O–H groups in total. The molecule has 0 fully saturated rings. The lowest BCUT2D eigenvalue weighted by Gasteiger charge is -2.29. The molecule has 0 saturated carbocycles. The molecule has 1 aliphatic rings. The number of rotatable bonds is 5. The molecular formula is C19H20N2O3. The highest BCUT2D eigenvalue weighted by Crippen LogP contribution is 2.30. The first-order valence-electron chi connectivity index (χ1n) is 8.12. The van der Waals surface area contributed by atoms with E-state index in [1.807, 2.05) is 24.3 Å². The van der Waals surface area contributed by atoms with Crippen LogP contribution in [-0.2, 0) is 4.79 Å². The molecule has 5 nitrogen and oxygen atoms in total. The van der Waals surface area contributed by atoms with Gasteiger partial charge in [0.2, 0.25) is 5.91 Å². The van der Waals surface area contributed by atoms with Crippen LogP contribution < -0.4 is 15.0 Å². The van der Waals surface area contributed by atoms with Gasteiger partial charge in [-0.15, -0.1) is 0 Å². The van der Waals surface area contributed by atoms with E-state index in [2.05, 4.69) is 12.2 Å². The number of nitrogens with one attached hydrogen (secondary N) is 1. The van der Waals surface area contributed by atoms with Gasteiger partial charge in [-0.05, 0) is 36.8 Å². The molecule has 1 heterocycles. The number of ether oxygens (including phenoxy) is 1. The van der Waals surface area contributed by atoms with E-state index in [1.165, 1.54) is 4.90 Å². The molecule has 24 heavy (non-hydrogen) atoms. The van der Waals surface area contributed by atoms with E-state index < -0.39 is 0 Å². The van der Waals surface area contributed by atoms with Crippen molar-refractivity contribution in [3.63, 3.8) is 0 Å². The number of carbonyl (C=O) groups excluding carboxylic acids is 2. The Hall–Kier alpha value is -2.82. The summed E-state index contributed by atoms with van der Waals surface area (Å²) in [4.78, 5) is 26.3. The minimum Gasteiger partial charge on any atom is -0.494 e. The van der Waals surface area contributed by atoms with Crippen LogP contribution in [0.1, 0.15) is 30.1 Å². The molecule has 3 rings (SSSR count). The third-order valence-corrected chi connectivity index (χ3v) is 3.86. The fraction of sp³-hybridized carbons (Fsp3) is 0.263. The van der Waals surface area contributed by atoms with Gasteiger partial charge in [-0.1, -0.05) is 31.5 Å². The monoisotopic (exact) mass is 324 g/mol. The molecule has 0 bridgehead atoms. The lowest BCUT2D eigenvalue weighted by atomic mass is 10.1. The van der Waals surface area contributed by atoms with Crippen molar-refractivity contribution in [2.45, 2.75) is 19.8 Å². The summed E-state index contributed by atoms with van der Waals surface area (Å²) in [6.45, 7) is 2.74. The highest BCUT2D eigenvalue weighted by atomic mass is 16.5. The second-order valence-corrected chi connectivity index (χ2v) is 5.69. The van der Waals surface area contributed by atoms with Crippen LogP contribution in [0.2, 0.25) is 0 Å². The maximum Gasteiger partial charge on any atom is 0.258 e. The Labute approximate surface area is 141 Å². The molecule has 0 radical (unpaired) electrons. The maximum atomic E-state index is 12.9. The van der Waals surface area contributed by atoms with E-state index in [1.54, 1.807) is 24.3 Å². The highest BCUT2D eigenvalue weighted by molar-refractivity contribution is 6.15. The predicted molar refractivity (Wildman–Crippen MR) is 93.6 cm³/mol. The zero-order valence-electron chi connectivity index (χ0n) is 13.6. The molecule has 2 aromatic carbocycles. The zero-order valence-corrected chi connectivity index (χ0v) is 13.6. The number of carbonyl (C=O) groups is 2. The van der Waals surface area contributed by atoms with Gasteiger partial charge in [0, 0.05) is 5.56 Å². The van der Waals surface area contributed by atoms with Crippen molar-refractivity contribution in [1.29, 1.82) is 0 Å². The largest absolute Gasteiger partial charge is 0.494 e. The van der Waals surface area contributed by atoms with Gasteiger partial charge in [0.05, 0.1) is 18.0 Å². The van der Waals surface area contributed by atoms with E-state index in [0.717, 1.165) is 12.8 Å². The Bertz CT molecular complexity index is 758. The van der Waals surface area contributed by atoms with E-state index in [9.17, 15) is 9.59 Å². The van der Waals surface area contributed by atoms with Gasteiger partial charge in [0.15, 0.2) is 0 Å². The molecular weight excluding hydrogens is 304 g/mol.